The van der Waals surface area contributed by atoms with Crippen molar-refractivity contribution in [3.63, 3.8) is 0 Å². The van der Waals surface area contributed by atoms with Crippen LogP contribution in [0.3, 0.4) is 0 Å². The molecule has 1 rings (SSSR count). The normalized spacial score (nSPS) is 13.1. The fourth-order valence-electron chi connectivity index (χ4n) is 3.34. The van der Waals surface area contributed by atoms with E-state index < -0.39 is 48.1 Å². The molecule has 10 nitrogen and oxygen atoms in total. The molecule has 0 saturated carbocycles. The first-order chi connectivity index (χ1) is 15.7. The van der Waals surface area contributed by atoms with Gasteiger partial charge < -0.3 is 31.1 Å². The van der Waals surface area contributed by atoms with Crippen LogP contribution >= 0.6 is 0 Å². The third-order valence-corrected chi connectivity index (χ3v) is 4.64. The fraction of sp³-hybridized carbons (Fsp3) is 0.583. The molecule has 0 saturated heterocycles. The number of nitrogens with zero attached hydrogens (tertiary/aromatic N) is 1. The number of aliphatic hydroxyl groups is 1. The summed E-state index contributed by atoms with van der Waals surface area (Å²) in [4.78, 5) is 51.9. The number of aliphatic hydroxyl groups excluding tert-OH is 1. The molecule has 2 unspecified atom stereocenters. The number of benzene rings is 1. The van der Waals surface area contributed by atoms with Crippen LogP contribution in [-0.4, -0.2) is 64.7 Å². The Kier molecular flexibility index (Phi) is 11.0. The number of aryl methyl sites for hydroxylation is 1. The molecular weight excluding hydrogens is 440 g/mol. The molecule has 0 aromatic heterocycles. The molecule has 2 atom stereocenters. The number of nitrogens with two attached hydrogens (primary N) is 1. The Morgan fingerprint density at radius 2 is 1.79 bits per heavy atom. The number of hydrogen-bond donors (Lipinski definition) is 4. The molecule has 0 aliphatic heterocycles. The van der Waals surface area contributed by atoms with Crippen LogP contribution in [0.4, 0.5) is 4.79 Å². The Balaban J connectivity index is 3.41. The van der Waals surface area contributed by atoms with Crippen molar-refractivity contribution in [2.45, 2.75) is 78.1 Å². The van der Waals surface area contributed by atoms with Gasteiger partial charge in [0.15, 0.2) is 0 Å². The summed E-state index contributed by atoms with van der Waals surface area (Å²) < 4.78 is 5.26. The Morgan fingerprint density at radius 3 is 2.29 bits per heavy atom. The van der Waals surface area contributed by atoms with Crippen LogP contribution in [0.1, 0.15) is 64.6 Å². The highest BCUT2D eigenvalue weighted by Gasteiger charge is 2.36. The lowest BCUT2D eigenvalue weighted by molar-refractivity contribution is -0.143. The molecule has 10 heteroatoms. The molecule has 190 valence electrons. The average Bonchev–Trinajstić information content (AvgIpc) is 2.68. The minimum atomic E-state index is -1.20. The van der Waals surface area contributed by atoms with E-state index in [1.807, 2.05) is 13.0 Å². The van der Waals surface area contributed by atoms with Crippen molar-refractivity contribution in [3.05, 3.63) is 35.4 Å². The summed E-state index contributed by atoms with van der Waals surface area (Å²) in [5, 5.41) is 15.0. The average molecular weight is 479 g/mol. The van der Waals surface area contributed by atoms with E-state index in [2.05, 4.69) is 10.6 Å². The van der Waals surface area contributed by atoms with Crippen molar-refractivity contribution < 1.29 is 29.0 Å². The quantitative estimate of drug-likeness (QED) is 0.379. The Labute approximate surface area is 201 Å². The lowest BCUT2D eigenvalue weighted by Crippen LogP contribution is -2.54. The Hall–Kier alpha value is -3.14. The van der Waals surface area contributed by atoms with Gasteiger partial charge in [-0.05, 0) is 53.5 Å². The molecule has 1 aromatic rings. The molecule has 0 radical (unpaired) electrons. The summed E-state index contributed by atoms with van der Waals surface area (Å²) in [5.41, 5.74) is 5.88. The lowest BCUT2D eigenvalue weighted by atomic mass is 10.00. The van der Waals surface area contributed by atoms with E-state index in [1.165, 1.54) is 4.90 Å². The zero-order valence-corrected chi connectivity index (χ0v) is 20.9. The SMILES string of the molecule is Cc1cccc(C(C(=O)NC(C)C)N(CCO)C(=O)C(CCC(N)=O)NC(=O)OC(C)(C)C)c1. The van der Waals surface area contributed by atoms with Gasteiger partial charge in [0.2, 0.25) is 17.7 Å². The first-order valence-corrected chi connectivity index (χ1v) is 11.3. The third kappa shape index (κ3) is 9.78. The predicted octanol–water partition coefficient (Wildman–Crippen LogP) is 1.54. The van der Waals surface area contributed by atoms with E-state index in [-0.39, 0.29) is 25.4 Å². The smallest absolute Gasteiger partial charge is 0.408 e. The molecule has 4 amide bonds. The highest BCUT2D eigenvalue weighted by Crippen LogP contribution is 2.24. The number of hydrogen-bond acceptors (Lipinski definition) is 6. The van der Waals surface area contributed by atoms with Crippen LogP contribution in [-0.2, 0) is 19.1 Å². The Bertz CT molecular complexity index is 865. The highest BCUT2D eigenvalue weighted by molar-refractivity contribution is 5.92. The van der Waals surface area contributed by atoms with E-state index >= 15 is 0 Å². The van der Waals surface area contributed by atoms with Gasteiger partial charge in [-0.15, -0.1) is 0 Å². The maximum atomic E-state index is 13.6. The van der Waals surface area contributed by atoms with E-state index in [4.69, 9.17) is 10.5 Å². The topological polar surface area (TPSA) is 151 Å². The van der Waals surface area contributed by atoms with Gasteiger partial charge in [0.05, 0.1) is 6.61 Å². The van der Waals surface area contributed by atoms with Gasteiger partial charge >= 0.3 is 6.09 Å². The molecule has 0 spiro atoms. The second-order valence-electron chi connectivity index (χ2n) is 9.44. The molecule has 0 aliphatic carbocycles. The van der Waals surface area contributed by atoms with Gasteiger partial charge in [0, 0.05) is 19.0 Å². The van der Waals surface area contributed by atoms with E-state index in [0.717, 1.165) is 5.56 Å². The van der Waals surface area contributed by atoms with Gasteiger partial charge in [-0.2, -0.15) is 0 Å². The molecule has 0 aliphatic rings. The fourth-order valence-corrected chi connectivity index (χ4v) is 3.34. The van der Waals surface area contributed by atoms with Crippen LogP contribution in [0.2, 0.25) is 0 Å². The van der Waals surface area contributed by atoms with Crippen LogP contribution in [0.15, 0.2) is 24.3 Å². The maximum Gasteiger partial charge on any atom is 0.408 e. The summed E-state index contributed by atoms with van der Waals surface area (Å²) in [7, 11) is 0. The lowest BCUT2D eigenvalue weighted by Gasteiger charge is -2.34. The van der Waals surface area contributed by atoms with E-state index in [1.54, 1.807) is 52.8 Å². The third-order valence-electron chi connectivity index (χ3n) is 4.64. The van der Waals surface area contributed by atoms with Crippen LogP contribution in [0.5, 0.6) is 0 Å². The number of amides is 4. The number of alkyl carbamates (subject to hydrolysis) is 1. The van der Waals surface area contributed by atoms with Crippen LogP contribution < -0.4 is 16.4 Å². The summed E-state index contributed by atoms with van der Waals surface area (Å²) in [6, 6.07) is 4.66. The number of primary amides is 1. The summed E-state index contributed by atoms with van der Waals surface area (Å²) in [6.07, 6.45) is -1.12. The van der Waals surface area contributed by atoms with E-state index in [9.17, 15) is 24.3 Å². The van der Waals surface area contributed by atoms with Gasteiger partial charge in [-0.1, -0.05) is 29.8 Å². The number of ether oxygens (including phenoxy) is 1. The number of nitrogens with one attached hydrogen (secondary N) is 2. The van der Waals surface area contributed by atoms with Crippen molar-refractivity contribution in [2.24, 2.45) is 5.73 Å². The predicted molar refractivity (Wildman–Crippen MR) is 128 cm³/mol. The first-order valence-electron chi connectivity index (χ1n) is 11.3. The number of carbonyl (C=O) groups excluding carboxylic acids is 4. The van der Waals surface area contributed by atoms with Gasteiger partial charge in [0.1, 0.15) is 17.7 Å². The van der Waals surface area contributed by atoms with Crippen molar-refractivity contribution in [1.82, 2.24) is 15.5 Å². The van der Waals surface area contributed by atoms with Crippen molar-refractivity contribution in [1.29, 1.82) is 0 Å². The number of rotatable bonds is 11. The van der Waals surface area contributed by atoms with Gasteiger partial charge in [-0.3, -0.25) is 14.4 Å². The monoisotopic (exact) mass is 478 g/mol. The molecule has 5 N–H and O–H groups in total. The maximum absolute atomic E-state index is 13.6. The van der Waals surface area contributed by atoms with Crippen LogP contribution in [0, 0.1) is 6.92 Å². The standard InChI is InChI=1S/C24H38N4O6/c1-15(2)26-21(31)20(17-9-7-8-16(3)14-17)28(12-13-29)22(32)18(10-11-19(25)30)27-23(33)34-24(4,5)6/h7-9,14-15,18,20,29H,10-13H2,1-6H3,(H2,25,30)(H,26,31)(H,27,33). The molecular formula is C24H38N4O6. The van der Waals surface area contributed by atoms with Crippen molar-refractivity contribution in [3.8, 4) is 0 Å². The Morgan fingerprint density at radius 1 is 1.15 bits per heavy atom. The largest absolute Gasteiger partial charge is 0.444 e. The second kappa shape index (κ2) is 12.9. The number of carbonyl (C=O) groups is 4. The molecule has 0 heterocycles. The summed E-state index contributed by atoms with van der Waals surface area (Å²) in [5.74, 6) is -1.73. The molecule has 0 fully saturated rings. The molecule has 34 heavy (non-hydrogen) atoms. The highest BCUT2D eigenvalue weighted by atomic mass is 16.6. The minimum absolute atomic E-state index is 0.0956. The zero-order chi connectivity index (χ0) is 26.1. The van der Waals surface area contributed by atoms with Crippen molar-refractivity contribution >= 4 is 23.8 Å². The van der Waals surface area contributed by atoms with Gasteiger partial charge in [0.25, 0.3) is 0 Å². The van der Waals surface area contributed by atoms with E-state index in [0.29, 0.717) is 5.56 Å². The minimum Gasteiger partial charge on any atom is -0.444 e. The second-order valence-corrected chi connectivity index (χ2v) is 9.44. The van der Waals surface area contributed by atoms with Crippen LogP contribution in [0.25, 0.3) is 0 Å². The zero-order valence-electron chi connectivity index (χ0n) is 20.9. The summed E-state index contributed by atoms with van der Waals surface area (Å²) >= 11 is 0. The first kappa shape index (κ1) is 28.9. The van der Waals surface area contributed by atoms with Gasteiger partial charge in [-0.25, -0.2) is 4.79 Å². The van der Waals surface area contributed by atoms with Crippen molar-refractivity contribution in [2.75, 3.05) is 13.2 Å². The summed E-state index contributed by atoms with van der Waals surface area (Å²) in [6.45, 7) is 9.88. The molecule has 0 bridgehead atoms. The molecule has 1 aromatic carbocycles.